The molecule has 2 rings (SSSR count). The molecule has 0 atom stereocenters. The maximum Gasteiger partial charge on any atom is 0.243 e. The molecular weight excluding hydrogens is 312 g/mol. The Labute approximate surface area is 149 Å². The highest BCUT2D eigenvalue weighted by molar-refractivity contribution is 5.94. The fourth-order valence-corrected chi connectivity index (χ4v) is 2.70. The van der Waals surface area contributed by atoms with Gasteiger partial charge in [0.2, 0.25) is 5.91 Å². The number of hydrogen-bond donors (Lipinski definition) is 2. The standard InChI is InChI=1S/C21H26N2O2/c1-14(2)13-25-19-8-6-7-18(11-19)23-20(24)12-22-21-16(4)9-15(3)10-17(21)5/h6-11,22H,1,12-13H2,2-5H3,(H,23,24). The summed E-state index contributed by atoms with van der Waals surface area (Å²) in [5.41, 5.74) is 6.17. The molecule has 2 aromatic carbocycles. The van der Waals surface area contributed by atoms with Crippen LogP contribution < -0.4 is 15.4 Å². The fraction of sp³-hybridized carbons (Fsp3) is 0.286. The van der Waals surface area contributed by atoms with Gasteiger partial charge in [-0.3, -0.25) is 4.79 Å². The number of nitrogens with one attached hydrogen (secondary N) is 2. The van der Waals surface area contributed by atoms with Gasteiger partial charge in [-0.15, -0.1) is 0 Å². The van der Waals surface area contributed by atoms with Gasteiger partial charge in [-0.05, 0) is 56.5 Å². The Bertz CT molecular complexity index is 758. The summed E-state index contributed by atoms with van der Waals surface area (Å²) < 4.78 is 5.60. The number of carbonyl (C=O) groups is 1. The lowest BCUT2D eigenvalue weighted by Crippen LogP contribution is -2.22. The molecule has 0 saturated carbocycles. The van der Waals surface area contributed by atoms with Crippen molar-refractivity contribution in [3.63, 3.8) is 0 Å². The van der Waals surface area contributed by atoms with Gasteiger partial charge in [0.1, 0.15) is 12.4 Å². The van der Waals surface area contributed by atoms with Crippen LogP contribution in [0.1, 0.15) is 23.6 Å². The van der Waals surface area contributed by atoms with Gasteiger partial charge >= 0.3 is 0 Å². The highest BCUT2D eigenvalue weighted by atomic mass is 16.5. The van der Waals surface area contributed by atoms with Crippen molar-refractivity contribution in [3.05, 3.63) is 65.2 Å². The van der Waals surface area contributed by atoms with E-state index < -0.39 is 0 Å². The summed E-state index contributed by atoms with van der Waals surface area (Å²) in [6.45, 7) is 12.6. The quantitative estimate of drug-likeness (QED) is 0.724. The molecule has 132 valence electrons. The van der Waals surface area contributed by atoms with E-state index in [-0.39, 0.29) is 12.5 Å². The van der Waals surface area contributed by atoms with Crippen LogP contribution in [-0.4, -0.2) is 19.1 Å². The first-order chi connectivity index (χ1) is 11.8. The number of benzene rings is 2. The summed E-state index contributed by atoms with van der Waals surface area (Å²) >= 11 is 0. The van der Waals surface area contributed by atoms with E-state index >= 15 is 0 Å². The summed E-state index contributed by atoms with van der Waals surface area (Å²) in [4.78, 5) is 12.2. The molecule has 0 heterocycles. The SMILES string of the molecule is C=C(C)COc1cccc(NC(=O)CNc2c(C)cc(C)cc2C)c1. The van der Waals surface area contributed by atoms with E-state index in [0.29, 0.717) is 18.0 Å². The fourth-order valence-electron chi connectivity index (χ4n) is 2.70. The molecule has 2 N–H and O–H groups in total. The van der Waals surface area contributed by atoms with Crippen molar-refractivity contribution in [2.24, 2.45) is 0 Å². The highest BCUT2D eigenvalue weighted by Gasteiger charge is 2.07. The van der Waals surface area contributed by atoms with Crippen molar-refractivity contribution in [2.75, 3.05) is 23.8 Å². The Morgan fingerprint density at radius 3 is 2.44 bits per heavy atom. The zero-order valence-corrected chi connectivity index (χ0v) is 15.4. The number of rotatable bonds is 7. The van der Waals surface area contributed by atoms with Crippen LogP contribution in [0.3, 0.4) is 0 Å². The smallest absolute Gasteiger partial charge is 0.243 e. The van der Waals surface area contributed by atoms with E-state index in [1.807, 2.05) is 45.0 Å². The van der Waals surface area contributed by atoms with Gasteiger partial charge in [0, 0.05) is 17.4 Å². The van der Waals surface area contributed by atoms with Crippen molar-refractivity contribution in [3.8, 4) is 5.75 Å². The molecule has 4 heteroatoms. The van der Waals surface area contributed by atoms with Crippen LogP contribution in [0.5, 0.6) is 5.75 Å². The Morgan fingerprint density at radius 1 is 1.12 bits per heavy atom. The van der Waals surface area contributed by atoms with Gasteiger partial charge in [0.05, 0.1) is 6.54 Å². The first kappa shape index (κ1) is 18.6. The summed E-state index contributed by atoms with van der Waals surface area (Å²) in [7, 11) is 0. The largest absolute Gasteiger partial charge is 0.489 e. The van der Waals surface area contributed by atoms with Crippen molar-refractivity contribution < 1.29 is 9.53 Å². The van der Waals surface area contributed by atoms with Crippen LogP contribution in [0, 0.1) is 20.8 Å². The van der Waals surface area contributed by atoms with Crippen LogP contribution in [0.2, 0.25) is 0 Å². The lowest BCUT2D eigenvalue weighted by atomic mass is 10.1. The molecule has 0 spiro atoms. The van der Waals surface area contributed by atoms with Crippen molar-refractivity contribution >= 4 is 17.3 Å². The summed E-state index contributed by atoms with van der Waals surface area (Å²) in [6.07, 6.45) is 0. The molecule has 0 fully saturated rings. The molecule has 0 bridgehead atoms. The minimum atomic E-state index is -0.101. The second kappa shape index (κ2) is 8.38. The van der Waals surface area contributed by atoms with Crippen molar-refractivity contribution in [2.45, 2.75) is 27.7 Å². The van der Waals surface area contributed by atoms with Gasteiger partial charge < -0.3 is 15.4 Å². The summed E-state index contributed by atoms with van der Waals surface area (Å²) in [5.74, 6) is 0.607. The van der Waals surface area contributed by atoms with E-state index in [9.17, 15) is 4.79 Å². The number of anilines is 2. The highest BCUT2D eigenvalue weighted by Crippen LogP contribution is 2.22. The van der Waals surface area contributed by atoms with Gasteiger partial charge in [-0.2, -0.15) is 0 Å². The first-order valence-electron chi connectivity index (χ1n) is 8.34. The third-order valence-electron chi connectivity index (χ3n) is 3.71. The zero-order chi connectivity index (χ0) is 18.4. The second-order valence-corrected chi connectivity index (χ2v) is 6.45. The molecule has 0 aliphatic carbocycles. The number of ether oxygens (including phenoxy) is 1. The predicted molar refractivity (Wildman–Crippen MR) is 105 cm³/mol. The van der Waals surface area contributed by atoms with Crippen LogP contribution in [0.25, 0.3) is 0 Å². The zero-order valence-electron chi connectivity index (χ0n) is 15.4. The Hall–Kier alpha value is -2.75. The van der Waals surface area contributed by atoms with E-state index in [1.54, 1.807) is 0 Å². The number of hydrogen-bond acceptors (Lipinski definition) is 3. The monoisotopic (exact) mass is 338 g/mol. The van der Waals surface area contributed by atoms with Crippen LogP contribution in [0.15, 0.2) is 48.6 Å². The summed E-state index contributed by atoms with van der Waals surface area (Å²) in [6, 6.07) is 11.6. The molecule has 0 radical (unpaired) electrons. The lowest BCUT2D eigenvalue weighted by molar-refractivity contribution is -0.114. The summed E-state index contributed by atoms with van der Waals surface area (Å²) in [5, 5.41) is 6.11. The number of aryl methyl sites for hydroxylation is 3. The number of carbonyl (C=O) groups excluding carboxylic acids is 1. The molecule has 0 aliphatic rings. The predicted octanol–water partition coefficient (Wildman–Crippen LogP) is 4.62. The van der Waals surface area contributed by atoms with E-state index in [2.05, 4.69) is 36.3 Å². The second-order valence-electron chi connectivity index (χ2n) is 6.45. The maximum atomic E-state index is 12.2. The molecule has 0 aliphatic heterocycles. The van der Waals surface area contributed by atoms with Crippen LogP contribution in [0.4, 0.5) is 11.4 Å². The molecule has 0 unspecified atom stereocenters. The average Bonchev–Trinajstić information content (AvgIpc) is 2.52. The Kier molecular flexibility index (Phi) is 6.23. The maximum absolute atomic E-state index is 12.2. The molecule has 2 aromatic rings. The van der Waals surface area contributed by atoms with E-state index in [0.717, 1.165) is 22.4 Å². The van der Waals surface area contributed by atoms with Gasteiger partial charge in [0.25, 0.3) is 0 Å². The minimum absolute atomic E-state index is 0.101. The van der Waals surface area contributed by atoms with E-state index in [1.165, 1.54) is 5.56 Å². The van der Waals surface area contributed by atoms with Crippen LogP contribution >= 0.6 is 0 Å². The molecular formula is C21H26N2O2. The number of amides is 1. The lowest BCUT2D eigenvalue weighted by Gasteiger charge is -2.14. The van der Waals surface area contributed by atoms with Crippen LogP contribution in [-0.2, 0) is 4.79 Å². The molecule has 4 nitrogen and oxygen atoms in total. The van der Waals surface area contributed by atoms with Crippen molar-refractivity contribution in [1.29, 1.82) is 0 Å². The van der Waals surface area contributed by atoms with Gasteiger partial charge in [-0.25, -0.2) is 0 Å². The third kappa shape index (κ3) is 5.68. The first-order valence-corrected chi connectivity index (χ1v) is 8.34. The third-order valence-corrected chi connectivity index (χ3v) is 3.71. The van der Waals surface area contributed by atoms with Gasteiger partial charge in [-0.1, -0.05) is 30.3 Å². The van der Waals surface area contributed by atoms with Gasteiger partial charge in [0.15, 0.2) is 0 Å². The molecule has 1 amide bonds. The van der Waals surface area contributed by atoms with Crippen molar-refractivity contribution in [1.82, 2.24) is 0 Å². The topological polar surface area (TPSA) is 50.4 Å². The molecule has 0 aromatic heterocycles. The Morgan fingerprint density at radius 2 is 1.80 bits per heavy atom. The minimum Gasteiger partial charge on any atom is -0.489 e. The molecule has 25 heavy (non-hydrogen) atoms. The normalized spacial score (nSPS) is 10.2. The average molecular weight is 338 g/mol. The van der Waals surface area contributed by atoms with E-state index in [4.69, 9.17) is 4.74 Å². The molecule has 0 saturated heterocycles. The Balaban J connectivity index is 1.94.